The summed E-state index contributed by atoms with van der Waals surface area (Å²) in [6, 6.07) is 26.9. The molecule has 0 radical (unpaired) electrons. The fraction of sp³-hybridized carbons (Fsp3) is 0. The van der Waals surface area contributed by atoms with Crippen molar-refractivity contribution < 1.29 is 17.8 Å². The lowest BCUT2D eigenvalue weighted by molar-refractivity contribution is -0.556. The van der Waals surface area contributed by atoms with Gasteiger partial charge in [0.1, 0.15) is 17.6 Å². The molecule has 0 amide bonds. The van der Waals surface area contributed by atoms with Crippen LogP contribution in [-0.2, 0) is 4.65 Å². The number of halogens is 2. The van der Waals surface area contributed by atoms with Crippen molar-refractivity contribution in [2.45, 2.75) is 0 Å². The number of hydrogen-bond acceptors (Lipinski definition) is 3. The smallest absolute Gasteiger partial charge is 0.590 e. The molecular weight excluding hydrogens is 383 g/mol. The lowest BCUT2D eigenvalue weighted by Crippen LogP contribution is -2.65. The molecule has 30 heavy (non-hydrogen) atoms. The van der Waals surface area contributed by atoms with Crippen LogP contribution in [0.4, 0.5) is 14.4 Å². The maximum atomic E-state index is 15.5. The molecule has 1 aliphatic rings. The summed E-state index contributed by atoms with van der Waals surface area (Å²) in [5.41, 5.74) is 2.53. The Morgan fingerprint density at radius 1 is 0.700 bits per heavy atom. The van der Waals surface area contributed by atoms with Crippen molar-refractivity contribution in [2.75, 3.05) is 0 Å². The summed E-state index contributed by atoms with van der Waals surface area (Å²) in [7, 11) is -4.44. The highest BCUT2D eigenvalue weighted by Gasteiger charge is 2.49. The molecule has 3 aromatic carbocycles. The predicted molar refractivity (Wildman–Crippen MR) is 112 cm³/mol. The minimum absolute atomic E-state index is 0.0450. The molecule has 146 valence electrons. The average Bonchev–Trinajstić information content (AvgIpc) is 2.79. The molecule has 0 bridgehead atoms. The number of aromatic nitrogens is 2. The third-order valence-electron chi connectivity index (χ3n) is 4.91. The molecule has 7 heteroatoms. The van der Waals surface area contributed by atoms with Gasteiger partial charge in [0, 0.05) is 11.1 Å². The summed E-state index contributed by atoms with van der Waals surface area (Å²) in [5.74, 6) is -0.0717. The summed E-state index contributed by atoms with van der Waals surface area (Å²) in [6.45, 7) is 0. The van der Waals surface area contributed by atoms with Crippen LogP contribution in [0.25, 0.3) is 22.5 Å². The van der Waals surface area contributed by atoms with E-state index in [9.17, 15) is 0 Å². The molecule has 1 aliphatic heterocycles. The van der Waals surface area contributed by atoms with Crippen molar-refractivity contribution in [3.05, 3.63) is 103 Å². The lowest BCUT2D eigenvalue weighted by Gasteiger charge is -2.30. The zero-order valence-corrected chi connectivity index (χ0v) is 15.8. The molecule has 0 spiro atoms. The Balaban J connectivity index is 1.80. The van der Waals surface area contributed by atoms with Crippen LogP contribution in [0.2, 0.25) is 0 Å². The van der Waals surface area contributed by atoms with E-state index in [1.165, 1.54) is 6.20 Å². The molecule has 0 saturated carbocycles. The van der Waals surface area contributed by atoms with Gasteiger partial charge < -0.3 is 17.8 Å². The van der Waals surface area contributed by atoms with Crippen LogP contribution < -0.4 is 4.48 Å². The minimum atomic E-state index is -4.44. The van der Waals surface area contributed by atoms with E-state index in [4.69, 9.17) is 4.65 Å². The van der Waals surface area contributed by atoms with E-state index in [-0.39, 0.29) is 17.4 Å². The summed E-state index contributed by atoms with van der Waals surface area (Å²) < 4.78 is 37.0. The fourth-order valence-corrected chi connectivity index (χ4v) is 3.57. The molecule has 0 unspecified atom stereocenters. The quantitative estimate of drug-likeness (QED) is 0.453. The summed E-state index contributed by atoms with van der Waals surface area (Å²) in [4.78, 5) is 8.89. The van der Waals surface area contributed by atoms with Gasteiger partial charge in [0.15, 0.2) is 0 Å². The Morgan fingerprint density at radius 2 is 1.23 bits per heavy atom. The monoisotopic (exact) mass is 399 g/mol. The van der Waals surface area contributed by atoms with Gasteiger partial charge in [-0.2, -0.15) is 0 Å². The molecule has 0 fully saturated rings. The number of fused-ring (bicyclic) bond motifs is 1. The fourth-order valence-electron chi connectivity index (χ4n) is 3.57. The number of aliphatic imine (C=N–C) groups is 1. The van der Waals surface area contributed by atoms with Crippen molar-refractivity contribution in [2.24, 2.45) is 4.99 Å². The first-order valence-corrected chi connectivity index (χ1v) is 9.53. The summed E-state index contributed by atoms with van der Waals surface area (Å²) in [6.07, 6.45) is 1.37. The van der Waals surface area contributed by atoms with Crippen molar-refractivity contribution >= 4 is 18.8 Å². The molecule has 2 heterocycles. The molecule has 0 N–H and O–H groups in total. The van der Waals surface area contributed by atoms with Gasteiger partial charge in [-0.1, -0.05) is 78.9 Å². The van der Waals surface area contributed by atoms with Gasteiger partial charge in [0.05, 0.1) is 5.56 Å². The standard InChI is InChI=1S/C23H16BF2N3O/c25-24(26)29-20(28-23(30-24)19-14-8-3-9-15-19)16-27-21(17-10-4-1-5-11-17)22(29)18-12-6-2-7-13-18/h1-16H. The first kappa shape index (κ1) is 18.2. The number of benzene rings is 3. The van der Waals surface area contributed by atoms with Crippen molar-refractivity contribution in [1.29, 1.82) is 0 Å². The van der Waals surface area contributed by atoms with E-state index in [0.29, 0.717) is 16.8 Å². The Kier molecular flexibility index (Phi) is 4.36. The summed E-state index contributed by atoms with van der Waals surface area (Å²) in [5, 5.41) is 0. The first-order chi connectivity index (χ1) is 14.6. The lowest BCUT2D eigenvalue weighted by atomic mass is 9.96. The molecular formula is C23H16BF2N3O. The zero-order valence-electron chi connectivity index (χ0n) is 15.8. The van der Waals surface area contributed by atoms with Crippen LogP contribution in [-0.4, -0.2) is 17.9 Å². The maximum Gasteiger partial charge on any atom is 0.737 e. The molecule has 0 atom stereocenters. The average molecular weight is 399 g/mol. The molecule has 4 nitrogen and oxygen atoms in total. The highest BCUT2D eigenvalue weighted by Crippen LogP contribution is 2.33. The second-order valence-corrected chi connectivity index (χ2v) is 6.88. The second kappa shape index (κ2) is 7.19. The van der Waals surface area contributed by atoms with Crippen molar-refractivity contribution in [3.63, 3.8) is 0 Å². The highest BCUT2D eigenvalue weighted by atomic mass is 19.3. The van der Waals surface area contributed by atoms with Gasteiger partial charge in [-0.15, -0.1) is 0 Å². The van der Waals surface area contributed by atoms with Gasteiger partial charge in [-0.25, -0.2) is 4.98 Å². The number of rotatable bonds is 3. The number of hydrogen-bond donors (Lipinski definition) is 0. The second-order valence-electron chi connectivity index (χ2n) is 6.88. The van der Waals surface area contributed by atoms with Crippen LogP contribution in [0.3, 0.4) is 0 Å². The number of nitrogens with zero attached hydrogens (tertiary/aromatic N) is 3. The normalized spacial score (nSPS) is 14.4. The third-order valence-corrected chi connectivity index (χ3v) is 4.91. The zero-order chi connectivity index (χ0) is 20.6. The Hall–Kier alpha value is -3.87. The van der Waals surface area contributed by atoms with E-state index in [0.717, 1.165) is 10.0 Å². The molecule has 0 aliphatic carbocycles. The van der Waals surface area contributed by atoms with E-state index in [1.54, 1.807) is 54.6 Å². The van der Waals surface area contributed by atoms with Gasteiger partial charge in [0.2, 0.25) is 0 Å². The van der Waals surface area contributed by atoms with Crippen molar-refractivity contribution in [1.82, 2.24) is 4.98 Å². The van der Waals surface area contributed by atoms with Gasteiger partial charge >= 0.3 is 12.9 Å². The van der Waals surface area contributed by atoms with E-state index >= 15 is 8.63 Å². The molecule has 1 aromatic heterocycles. The van der Waals surface area contributed by atoms with E-state index in [1.807, 2.05) is 36.4 Å². The third kappa shape index (κ3) is 3.14. The van der Waals surface area contributed by atoms with Crippen LogP contribution >= 0.6 is 0 Å². The van der Waals surface area contributed by atoms with E-state index < -0.39 is 7.04 Å². The van der Waals surface area contributed by atoms with Gasteiger partial charge in [0.25, 0.3) is 5.90 Å². The van der Waals surface area contributed by atoms with Crippen LogP contribution in [0.15, 0.2) is 102 Å². The van der Waals surface area contributed by atoms with Crippen molar-refractivity contribution in [3.8, 4) is 22.5 Å². The molecule has 5 rings (SSSR count). The predicted octanol–water partition coefficient (Wildman–Crippen LogP) is 5.03. The van der Waals surface area contributed by atoms with E-state index in [2.05, 4.69) is 9.98 Å². The Labute approximate surface area is 172 Å². The summed E-state index contributed by atoms with van der Waals surface area (Å²) >= 11 is 0. The topological polar surface area (TPSA) is 38.4 Å². The van der Waals surface area contributed by atoms with Crippen LogP contribution in [0.5, 0.6) is 0 Å². The van der Waals surface area contributed by atoms with Crippen LogP contribution in [0, 0.1) is 0 Å². The highest BCUT2D eigenvalue weighted by molar-refractivity contribution is 6.53. The van der Waals surface area contributed by atoms with Crippen LogP contribution in [0.1, 0.15) is 5.56 Å². The first-order valence-electron chi connectivity index (χ1n) is 9.53. The molecule has 4 aromatic rings. The van der Waals surface area contributed by atoms with Gasteiger partial charge in [-0.3, -0.25) is 0 Å². The molecule has 0 saturated heterocycles. The van der Waals surface area contributed by atoms with Gasteiger partial charge in [-0.05, 0) is 17.1 Å². The Morgan fingerprint density at radius 3 is 1.83 bits per heavy atom. The largest absolute Gasteiger partial charge is 0.737 e. The SMILES string of the molecule is F[B-]1(F)OC(c2ccccc2)=Nc2cnc(-c3ccccc3)c(-c3ccccc3)[n+]21. The minimum Gasteiger partial charge on any atom is -0.590 e. The Bertz CT molecular complexity index is 1230. The maximum absolute atomic E-state index is 15.5.